The largest absolute Gasteiger partial charge is 0.294 e. The van der Waals surface area contributed by atoms with Gasteiger partial charge in [0.05, 0.1) is 0 Å². The third-order valence-corrected chi connectivity index (χ3v) is 3.36. The summed E-state index contributed by atoms with van der Waals surface area (Å²) in [5.74, 6) is 0.667. The van der Waals surface area contributed by atoms with Gasteiger partial charge >= 0.3 is 0 Å². The SMILES string of the molecule is CSc1ccc(C)cc1C(=O)C1CC1. The summed E-state index contributed by atoms with van der Waals surface area (Å²) in [6.07, 6.45) is 4.19. The van der Waals surface area contributed by atoms with Crippen LogP contribution in [0.15, 0.2) is 23.1 Å². The molecule has 1 fully saturated rings. The summed E-state index contributed by atoms with van der Waals surface area (Å²) in [7, 11) is 0. The number of aryl methyl sites for hydroxylation is 1. The molecule has 0 saturated heterocycles. The van der Waals surface area contributed by atoms with Gasteiger partial charge < -0.3 is 0 Å². The molecule has 0 N–H and O–H groups in total. The van der Waals surface area contributed by atoms with Crippen molar-refractivity contribution >= 4 is 17.5 Å². The molecule has 2 heteroatoms. The van der Waals surface area contributed by atoms with Crippen LogP contribution in [0, 0.1) is 12.8 Å². The van der Waals surface area contributed by atoms with E-state index >= 15 is 0 Å². The van der Waals surface area contributed by atoms with Gasteiger partial charge in [0, 0.05) is 16.4 Å². The third kappa shape index (κ3) is 1.85. The molecule has 0 atom stereocenters. The highest BCUT2D eigenvalue weighted by atomic mass is 32.2. The zero-order chi connectivity index (χ0) is 10.1. The summed E-state index contributed by atoms with van der Waals surface area (Å²) >= 11 is 1.66. The van der Waals surface area contributed by atoms with Gasteiger partial charge in [0.15, 0.2) is 5.78 Å². The molecular formula is C12H14OS. The highest BCUT2D eigenvalue weighted by molar-refractivity contribution is 7.98. The summed E-state index contributed by atoms with van der Waals surface area (Å²) < 4.78 is 0. The fraction of sp³-hybridized carbons (Fsp3) is 0.417. The van der Waals surface area contributed by atoms with Crippen LogP contribution in [0.5, 0.6) is 0 Å². The molecule has 0 unspecified atom stereocenters. The Kier molecular flexibility index (Phi) is 2.64. The van der Waals surface area contributed by atoms with Crippen LogP contribution >= 0.6 is 11.8 Å². The van der Waals surface area contributed by atoms with Gasteiger partial charge in [-0.3, -0.25) is 4.79 Å². The van der Waals surface area contributed by atoms with Crippen molar-refractivity contribution in [3.63, 3.8) is 0 Å². The van der Waals surface area contributed by atoms with Gasteiger partial charge in [-0.2, -0.15) is 0 Å². The van der Waals surface area contributed by atoms with Gasteiger partial charge in [-0.05, 0) is 38.2 Å². The zero-order valence-corrected chi connectivity index (χ0v) is 9.36. The molecule has 74 valence electrons. The van der Waals surface area contributed by atoms with Crippen molar-refractivity contribution in [2.75, 3.05) is 6.26 Å². The topological polar surface area (TPSA) is 17.1 Å². The number of thioether (sulfide) groups is 1. The lowest BCUT2D eigenvalue weighted by Gasteiger charge is -2.06. The summed E-state index contributed by atoms with van der Waals surface area (Å²) in [6, 6.07) is 6.14. The molecular weight excluding hydrogens is 192 g/mol. The van der Waals surface area contributed by atoms with Crippen molar-refractivity contribution in [1.29, 1.82) is 0 Å². The molecule has 0 spiro atoms. The molecule has 14 heavy (non-hydrogen) atoms. The second-order valence-electron chi connectivity index (χ2n) is 3.84. The Balaban J connectivity index is 2.37. The minimum atomic E-state index is 0.322. The van der Waals surface area contributed by atoms with E-state index in [0.717, 1.165) is 23.3 Å². The molecule has 0 amide bonds. The fourth-order valence-electron chi connectivity index (χ4n) is 1.58. The summed E-state index contributed by atoms with van der Waals surface area (Å²) in [5.41, 5.74) is 2.10. The maximum Gasteiger partial charge on any atom is 0.167 e. The Morgan fingerprint density at radius 1 is 1.43 bits per heavy atom. The number of hydrogen-bond donors (Lipinski definition) is 0. The van der Waals surface area contributed by atoms with Crippen LogP contribution < -0.4 is 0 Å². The maximum atomic E-state index is 11.9. The van der Waals surface area contributed by atoms with Crippen LogP contribution in [-0.4, -0.2) is 12.0 Å². The second kappa shape index (κ2) is 3.77. The highest BCUT2D eigenvalue weighted by Crippen LogP contribution is 2.35. The maximum absolute atomic E-state index is 11.9. The fourth-order valence-corrected chi connectivity index (χ4v) is 2.16. The van der Waals surface area contributed by atoms with Crippen LogP contribution in [0.2, 0.25) is 0 Å². The number of carbonyl (C=O) groups is 1. The monoisotopic (exact) mass is 206 g/mol. The Morgan fingerprint density at radius 3 is 2.71 bits per heavy atom. The molecule has 1 aliphatic rings. The first-order valence-electron chi connectivity index (χ1n) is 4.91. The minimum Gasteiger partial charge on any atom is -0.294 e. The number of ketones is 1. The lowest BCUT2D eigenvalue weighted by atomic mass is 10.0. The van der Waals surface area contributed by atoms with E-state index in [1.807, 2.05) is 19.2 Å². The molecule has 0 radical (unpaired) electrons. The van der Waals surface area contributed by atoms with Crippen LogP contribution in [0.3, 0.4) is 0 Å². The molecule has 1 aliphatic carbocycles. The lowest BCUT2D eigenvalue weighted by Crippen LogP contribution is -2.03. The Labute approximate surface area is 88.9 Å². The smallest absolute Gasteiger partial charge is 0.167 e. The van der Waals surface area contributed by atoms with Gasteiger partial charge in [-0.25, -0.2) is 0 Å². The van der Waals surface area contributed by atoms with Crippen LogP contribution in [0.1, 0.15) is 28.8 Å². The van der Waals surface area contributed by atoms with Crippen LogP contribution in [-0.2, 0) is 0 Å². The molecule has 1 nitrogen and oxygen atoms in total. The van der Waals surface area contributed by atoms with Crippen LogP contribution in [0.25, 0.3) is 0 Å². The number of Topliss-reactive ketones (excluding diaryl/α,β-unsaturated/α-hetero) is 1. The van der Waals surface area contributed by atoms with Crippen molar-refractivity contribution < 1.29 is 4.79 Å². The average Bonchev–Trinajstić information content (AvgIpc) is 3.00. The molecule has 1 aromatic carbocycles. The van der Waals surface area contributed by atoms with E-state index in [1.54, 1.807) is 11.8 Å². The van der Waals surface area contributed by atoms with Crippen molar-refractivity contribution in [3.8, 4) is 0 Å². The van der Waals surface area contributed by atoms with E-state index in [9.17, 15) is 4.79 Å². The predicted molar refractivity (Wildman–Crippen MR) is 60.0 cm³/mol. The van der Waals surface area contributed by atoms with Gasteiger partial charge in [0.1, 0.15) is 0 Å². The molecule has 2 rings (SSSR count). The first-order valence-corrected chi connectivity index (χ1v) is 6.13. The molecule has 0 aromatic heterocycles. The second-order valence-corrected chi connectivity index (χ2v) is 4.69. The first-order chi connectivity index (χ1) is 6.72. The molecule has 0 bridgehead atoms. The Hall–Kier alpha value is -0.760. The summed E-state index contributed by atoms with van der Waals surface area (Å²) in [4.78, 5) is 13.0. The lowest BCUT2D eigenvalue weighted by molar-refractivity contribution is 0.0964. The number of benzene rings is 1. The van der Waals surface area contributed by atoms with E-state index in [-0.39, 0.29) is 0 Å². The molecule has 1 saturated carbocycles. The van der Waals surface area contributed by atoms with Gasteiger partial charge in [0.2, 0.25) is 0 Å². The van der Waals surface area contributed by atoms with E-state index in [4.69, 9.17) is 0 Å². The number of rotatable bonds is 3. The predicted octanol–water partition coefficient (Wildman–Crippen LogP) is 3.31. The highest BCUT2D eigenvalue weighted by Gasteiger charge is 2.31. The Bertz CT molecular complexity index is 367. The number of hydrogen-bond acceptors (Lipinski definition) is 2. The summed E-state index contributed by atoms with van der Waals surface area (Å²) in [6.45, 7) is 2.04. The van der Waals surface area contributed by atoms with E-state index in [1.165, 1.54) is 5.56 Å². The normalized spacial score (nSPS) is 15.6. The first kappa shape index (κ1) is 9.78. The third-order valence-electron chi connectivity index (χ3n) is 2.57. The Morgan fingerprint density at radius 2 is 2.14 bits per heavy atom. The van der Waals surface area contributed by atoms with E-state index in [2.05, 4.69) is 12.1 Å². The quantitative estimate of drug-likeness (QED) is 0.557. The van der Waals surface area contributed by atoms with Crippen molar-refractivity contribution in [2.24, 2.45) is 5.92 Å². The van der Waals surface area contributed by atoms with Gasteiger partial charge in [-0.1, -0.05) is 11.6 Å². The van der Waals surface area contributed by atoms with Crippen LogP contribution in [0.4, 0.5) is 0 Å². The van der Waals surface area contributed by atoms with Crippen molar-refractivity contribution in [2.45, 2.75) is 24.7 Å². The zero-order valence-electron chi connectivity index (χ0n) is 8.54. The van der Waals surface area contributed by atoms with E-state index in [0.29, 0.717) is 11.7 Å². The molecule has 1 aromatic rings. The molecule has 0 heterocycles. The average molecular weight is 206 g/mol. The van der Waals surface area contributed by atoms with E-state index < -0.39 is 0 Å². The van der Waals surface area contributed by atoms with Crippen molar-refractivity contribution in [1.82, 2.24) is 0 Å². The van der Waals surface area contributed by atoms with Gasteiger partial charge in [-0.15, -0.1) is 11.8 Å². The van der Waals surface area contributed by atoms with Crippen molar-refractivity contribution in [3.05, 3.63) is 29.3 Å². The minimum absolute atomic E-state index is 0.322. The summed E-state index contributed by atoms with van der Waals surface area (Å²) in [5, 5.41) is 0. The van der Waals surface area contributed by atoms with Gasteiger partial charge in [0.25, 0.3) is 0 Å². The standard InChI is InChI=1S/C12H14OS/c1-8-3-6-11(14-2)10(7-8)12(13)9-4-5-9/h3,6-7,9H,4-5H2,1-2H3. The molecule has 0 aliphatic heterocycles. The number of carbonyl (C=O) groups excluding carboxylic acids is 1.